The Labute approximate surface area is 164 Å². The van der Waals surface area contributed by atoms with Gasteiger partial charge in [0.15, 0.2) is 11.5 Å². The summed E-state index contributed by atoms with van der Waals surface area (Å²) in [4.78, 5) is 14.8. The Morgan fingerprint density at radius 2 is 1.61 bits per heavy atom. The monoisotopic (exact) mass is 374 g/mol. The fraction of sp³-hybridized carbons (Fsp3) is 0.174. The maximum absolute atomic E-state index is 13.0. The van der Waals surface area contributed by atoms with Gasteiger partial charge in [-0.1, -0.05) is 48.5 Å². The summed E-state index contributed by atoms with van der Waals surface area (Å²) in [6, 6.07) is 25.5. The summed E-state index contributed by atoms with van der Waals surface area (Å²) in [5, 5.41) is 3.29. The van der Waals surface area contributed by atoms with Crippen molar-refractivity contribution in [3.05, 3.63) is 84.4 Å². The van der Waals surface area contributed by atoms with Crippen molar-refractivity contribution in [2.24, 2.45) is 0 Å². The van der Waals surface area contributed by atoms with Crippen molar-refractivity contribution in [3.8, 4) is 11.5 Å². The van der Waals surface area contributed by atoms with Crippen LogP contribution in [0.1, 0.15) is 12.0 Å². The SMILES string of the molecule is O=C(CCNc1ccc2c(c1)OCO2)N(Cc1ccccc1)c1ccccc1. The van der Waals surface area contributed by atoms with E-state index in [1.165, 1.54) is 0 Å². The Morgan fingerprint density at radius 1 is 0.893 bits per heavy atom. The van der Waals surface area contributed by atoms with Crippen LogP contribution >= 0.6 is 0 Å². The van der Waals surface area contributed by atoms with Crippen LogP contribution in [0, 0.1) is 0 Å². The van der Waals surface area contributed by atoms with E-state index < -0.39 is 0 Å². The third kappa shape index (κ3) is 4.26. The molecule has 1 amide bonds. The fourth-order valence-corrected chi connectivity index (χ4v) is 3.15. The zero-order valence-electron chi connectivity index (χ0n) is 15.5. The van der Waals surface area contributed by atoms with Gasteiger partial charge in [0.05, 0.1) is 6.54 Å². The number of fused-ring (bicyclic) bond motifs is 1. The van der Waals surface area contributed by atoms with Crippen molar-refractivity contribution in [1.82, 2.24) is 0 Å². The van der Waals surface area contributed by atoms with Gasteiger partial charge in [0, 0.05) is 30.4 Å². The van der Waals surface area contributed by atoms with E-state index in [2.05, 4.69) is 5.32 Å². The number of para-hydroxylation sites is 1. The second-order valence-electron chi connectivity index (χ2n) is 6.55. The van der Waals surface area contributed by atoms with Crippen molar-refractivity contribution in [1.29, 1.82) is 0 Å². The Kier molecular flexibility index (Phi) is 5.43. The molecule has 0 aliphatic carbocycles. The molecule has 4 rings (SSSR count). The predicted octanol–water partition coefficient (Wildman–Crippen LogP) is 4.45. The first-order chi connectivity index (χ1) is 13.8. The minimum absolute atomic E-state index is 0.0725. The maximum atomic E-state index is 13.0. The smallest absolute Gasteiger partial charge is 0.231 e. The van der Waals surface area contributed by atoms with Crippen LogP contribution in [0.3, 0.4) is 0 Å². The Hall–Kier alpha value is -3.47. The lowest BCUT2D eigenvalue weighted by atomic mass is 10.2. The van der Waals surface area contributed by atoms with E-state index in [4.69, 9.17) is 9.47 Å². The van der Waals surface area contributed by atoms with Gasteiger partial charge < -0.3 is 19.7 Å². The van der Waals surface area contributed by atoms with E-state index in [0.29, 0.717) is 19.5 Å². The normalized spacial score (nSPS) is 11.9. The molecule has 0 saturated heterocycles. The van der Waals surface area contributed by atoms with Gasteiger partial charge in [0.25, 0.3) is 0 Å². The minimum Gasteiger partial charge on any atom is -0.454 e. The third-order valence-corrected chi connectivity index (χ3v) is 4.59. The molecule has 0 saturated carbocycles. The highest BCUT2D eigenvalue weighted by Crippen LogP contribution is 2.34. The highest BCUT2D eigenvalue weighted by molar-refractivity contribution is 5.93. The molecule has 5 heteroatoms. The number of hydrogen-bond acceptors (Lipinski definition) is 4. The Bertz CT molecular complexity index is 929. The number of hydrogen-bond donors (Lipinski definition) is 1. The number of anilines is 2. The van der Waals surface area contributed by atoms with Crippen LogP contribution in [0.25, 0.3) is 0 Å². The van der Waals surface area contributed by atoms with Gasteiger partial charge in [-0.15, -0.1) is 0 Å². The van der Waals surface area contributed by atoms with Gasteiger partial charge in [-0.05, 0) is 29.8 Å². The second kappa shape index (κ2) is 8.48. The number of nitrogens with one attached hydrogen (secondary N) is 1. The van der Waals surface area contributed by atoms with Crippen LogP contribution in [0.2, 0.25) is 0 Å². The maximum Gasteiger partial charge on any atom is 0.231 e. The molecule has 0 bridgehead atoms. The molecular weight excluding hydrogens is 352 g/mol. The quantitative estimate of drug-likeness (QED) is 0.664. The van der Waals surface area contributed by atoms with Gasteiger partial charge >= 0.3 is 0 Å². The second-order valence-corrected chi connectivity index (χ2v) is 6.55. The first-order valence-corrected chi connectivity index (χ1v) is 9.32. The molecule has 5 nitrogen and oxygen atoms in total. The zero-order chi connectivity index (χ0) is 19.2. The molecule has 28 heavy (non-hydrogen) atoms. The van der Waals surface area contributed by atoms with E-state index in [0.717, 1.165) is 28.4 Å². The molecule has 0 spiro atoms. The number of ether oxygens (including phenoxy) is 2. The molecule has 0 radical (unpaired) electrons. The number of amides is 1. The summed E-state index contributed by atoms with van der Waals surface area (Å²) in [5.74, 6) is 1.55. The number of nitrogens with zero attached hydrogens (tertiary/aromatic N) is 1. The number of rotatable bonds is 7. The number of carbonyl (C=O) groups excluding carboxylic acids is 1. The average molecular weight is 374 g/mol. The van der Waals surface area contributed by atoms with Crippen molar-refractivity contribution in [3.63, 3.8) is 0 Å². The summed E-state index contributed by atoms with van der Waals surface area (Å²) in [7, 11) is 0. The minimum atomic E-state index is 0.0725. The first-order valence-electron chi connectivity index (χ1n) is 9.32. The van der Waals surface area contributed by atoms with Crippen LogP contribution in [0.4, 0.5) is 11.4 Å². The van der Waals surface area contributed by atoms with E-state index in [9.17, 15) is 4.79 Å². The van der Waals surface area contributed by atoms with Crippen LogP contribution in [-0.2, 0) is 11.3 Å². The summed E-state index contributed by atoms with van der Waals surface area (Å²) in [6.07, 6.45) is 0.385. The molecule has 3 aromatic rings. The van der Waals surface area contributed by atoms with E-state index in [-0.39, 0.29) is 12.7 Å². The molecule has 1 aliphatic heterocycles. The van der Waals surface area contributed by atoms with Crippen LogP contribution in [-0.4, -0.2) is 19.2 Å². The summed E-state index contributed by atoms with van der Waals surface area (Å²) >= 11 is 0. The fourth-order valence-electron chi connectivity index (χ4n) is 3.15. The van der Waals surface area contributed by atoms with Crippen LogP contribution in [0.5, 0.6) is 11.5 Å². The molecule has 142 valence electrons. The molecular formula is C23H22N2O3. The summed E-state index contributed by atoms with van der Waals surface area (Å²) in [5.41, 5.74) is 2.91. The van der Waals surface area contributed by atoms with Crippen molar-refractivity contribution >= 4 is 17.3 Å². The largest absolute Gasteiger partial charge is 0.454 e. The van der Waals surface area contributed by atoms with Crippen molar-refractivity contribution in [2.45, 2.75) is 13.0 Å². The van der Waals surface area contributed by atoms with Crippen LogP contribution in [0.15, 0.2) is 78.9 Å². The van der Waals surface area contributed by atoms with Gasteiger partial charge in [0.2, 0.25) is 12.7 Å². The lowest BCUT2D eigenvalue weighted by molar-refractivity contribution is -0.118. The Balaban J connectivity index is 1.40. The highest BCUT2D eigenvalue weighted by atomic mass is 16.7. The lowest BCUT2D eigenvalue weighted by Gasteiger charge is -2.23. The summed E-state index contributed by atoms with van der Waals surface area (Å²) < 4.78 is 10.7. The van der Waals surface area contributed by atoms with E-state index in [1.807, 2.05) is 83.8 Å². The standard InChI is InChI=1S/C23H22N2O3/c26-23(13-14-24-19-11-12-21-22(15-19)28-17-27-21)25(20-9-5-2-6-10-20)16-18-7-3-1-4-8-18/h1-12,15,24H,13-14,16-17H2. The molecule has 1 aliphatic rings. The van der Waals surface area contributed by atoms with Gasteiger partial charge in [-0.25, -0.2) is 0 Å². The first kappa shape index (κ1) is 17.9. The van der Waals surface area contributed by atoms with Crippen LogP contribution < -0.4 is 19.7 Å². The predicted molar refractivity (Wildman–Crippen MR) is 110 cm³/mol. The number of benzene rings is 3. The van der Waals surface area contributed by atoms with E-state index >= 15 is 0 Å². The number of carbonyl (C=O) groups is 1. The van der Waals surface area contributed by atoms with Gasteiger partial charge in [0.1, 0.15) is 0 Å². The lowest BCUT2D eigenvalue weighted by Crippen LogP contribution is -2.31. The Morgan fingerprint density at radius 3 is 2.39 bits per heavy atom. The highest BCUT2D eigenvalue weighted by Gasteiger charge is 2.17. The molecule has 0 aromatic heterocycles. The molecule has 1 heterocycles. The van der Waals surface area contributed by atoms with E-state index in [1.54, 1.807) is 0 Å². The van der Waals surface area contributed by atoms with Gasteiger partial charge in [-0.3, -0.25) is 4.79 Å². The molecule has 1 N–H and O–H groups in total. The molecule has 3 aromatic carbocycles. The zero-order valence-corrected chi connectivity index (χ0v) is 15.5. The van der Waals surface area contributed by atoms with Crippen molar-refractivity contribution < 1.29 is 14.3 Å². The molecule has 0 unspecified atom stereocenters. The topological polar surface area (TPSA) is 50.8 Å². The summed E-state index contributed by atoms with van der Waals surface area (Å²) in [6.45, 7) is 1.34. The molecule has 0 atom stereocenters. The average Bonchev–Trinajstić information content (AvgIpc) is 3.21. The third-order valence-electron chi connectivity index (χ3n) is 4.59. The van der Waals surface area contributed by atoms with Crippen molar-refractivity contribution in [2.75, 3.05) is 23.6 Å². The van der Waals surface area contributed by atoms with Gasteiger partial charge in [-0.2, -0.15) is 0 Å². The molecule has 0 fully saturated rings.